The van der Waals surface area contributed by atoms with E-state index in [9.17, 15) is 0 Å². The molecule has 5 nitrogen and oxygen atoms in total. The van der Waals surface area contributed by atoms with Crippen LogP contribution in [0, 0.1) is 11.3 Å². The molecular formula is C19H17N5. The molecular weight excluding hydrogens is 298 g/mol. The number of anilines is 4. The molecule has 0 saturated carbocycles. The van der Waals surface area contributed by atoms with Crippen LogP contribution in [0.1, 0.15) is 12.5 Å². The van der Waals surface area contributed by atoms with Crippen molar-refractivity contribution in [3.8, 4) is 6.07 Å². The molecule has 2 aromatic carbocycles. The summed E-state index contributed by atoms with van der Waals surface area (Å²) in [4.78, 5) is 11.0. The van der Waals surface area contributed by atoms with E-state index in [1.54, 1.807) is 18.3 Å². The molecule has 0 aliphatic rings. The first-order valence-corrected chi connectivity index (χ1v) is 7.73. The van der Waals surface area contributed by atoms with Crippen molar-refractivity contribution < 1.29 is 0 Å². The summed E-state index contributed by atoms with van der Waals surface area (Å²) in [6.07, 6.45) is 1.73. The molecule has 0 fully saturated rings. The van der Waals surface area contributed by atoms with Crippen molar-refractivity contribution in [3.05, 3.63) is 72.4 Å². The zero-order chi connectivity index (χ0) is 16.8. The summed E-state index contributed by atoms with van der Waals surface area (Å²) in [7, 11) is 0. The standard InChI is InChI=1S/C19H17N5/c1-2-24(17-9-4-3-5-10-17)18-11-12-21-19(23-18)22-16-8-6-7-15(13-16)14-20/h3-13H,2H2,1H3,(H,21,22,23). The van der Waals surface area contributed by atoms with Crippen molar-refractivity contribution in [1.82, 2.24) is 9.97 Å². The van der Waals surface area contributed by atoms with E-state index >= 15 is 0 Å². The predicted octanol–water partition coefficient (Wildman–Crippen LogP) is 4.25. The Kier molecular flexibility index (Phi) is 4.68. The minimum absolute atomic E-state index is 0.497. The van der Waals surface area contributed by atoms with E-state index < -0.39 is 0 Å². The van der Waals surface area contributed by atoms with Gasteiger partial charge in [0.1, 0.15) is 5.82 Å². The molecule has 3 rings (SSSR count). The molecule has 0 unspecified atom stereocenters. The van der Waals surface area contributed by atoms with E-state index in [1.165, 1.54) is 0 Å². The zero-order valence-corrected chi connectivity index (χ0v) is 13.3. The van der Waals surface area contributed by atoms with Crippen LogP contribution in [0.2, 0.25) is 0 Å². The fourth-order valence-electron chi connectivity index (χ4n) is 2.44. The highest BCUT2D eigenvalue weighted by molar-refractivity contribution is 5.62. The highest BCUT2D eigenvalue weighted by atomic mass is 15.2. The molecule has 3 aromatic rings. The van der Waals surface area contributed by atoms with Gasteiger partial charge in [-0.25, -0.2) is 4.98 Å². The monoisotopic (exact) mass is 315 g/mol. The average molecular weight is 315 g/mol. The molecule has 0 radical (unpaired) electrons. The van der Waals surface area contributed by atoms with E-state index in [0.717, 1.165) is 23.7 Å². The maximum atomic E-state index is 8.99. The Morgan fingerprint density at radius 3 is 2.67 bits per heavy atom. The molecule has 5 heteroatoms. The minimum Gasteiger partial charge on any atom is -0.327 e. The lowest BCUT2D eigenvalue weighted by atomic mass is 10.2. The van der Waals surface area contributed by atoms with Crippen LogP contribution in [0.4, 0.5) is 23.1 Å². The number of para-hydroxylation sites is 1. The van der Waals surface area contributed by atoms with Gasteiger partial charge < -0.3 is 10.2 Å². The van der Waals surface area contributed by atoms with Gasteiger partial charge in [-0.05, 0) is 43.3 Å². The second kappa shape index (κ2) is 7.25. The Morgan fingerprint density at radius 2 is 1.92 bits per heavy atom. The molecule has 24 heavy (non-hydrogen) atoms. The number of nitrogens with zero attached hydrogens (tertiary/aromatic N) is 4. The number of benzene rings is 2. The molecule has 1 aromatic heterocycles. The molecule has 1 heterocycles. The Morgan fingerprint density at radius 1 is 1.08 bits per heavy atom. The molecule has 118 valence electrons. The highest BCUT2D eigenvalue weighted by Crippen LogP contribution is 2.24. The van der Waals surface area contributed by atoms with Crippen molar-refractivity contribution in [3.63, 3.8) is 0 Å². The molecule has 0 amide bonds. The van der Waals surface area contributed by atoms with Crippen molar-refractivity contribution in [2.75, 3.05) is 16.8 Å². The van der Waals surface area contributed by atoms with E-state index in [0.29, 0.717) is 11.5 Å². The Balaban J connectivity index is 1.87. The van der Waals surface area contributed by atoms with Crippen LogP contribution in [0.5, 0.6) is 0 Å². The van der Waals surface area contributed by atoms with Crippen LogP contribution in [0.3, 0.4) is 0 Å². The lowest BCUT2D eigenvalue weighted by Gasteiger charge is -2.22. The maximum absolute atomic E-state index is 8.99. The van der Waals surface area contributed by atoms with Crippen molar-refractivity contribution >= 4 is 23.1 Å². The van der Waals surface area contributed by atoms with Gasteiger partial charge in [-0.1, -0.05) is 24.3 Å². The van der Waals surface area contributed by atoms with E-state index in [-0.39, 0.29) is 0 Å². The third kappa shape index (κ3) is 3.50. The SMILES string of the molecule is CCN(c1ccccc1)c1ccnc(Nc2cccc(C#N)c2)n1. The van der Waals surface area contributed by atoms with Crippen LogP contribution in [-0.4, -0.2) is 16.5 Å². The smallest absolute Gasteiger partial charge is 0.229 e. The molecule has 0 bridgehead atoms. The minimum atomic E-state index is 0.497. The van der Waals surface area contributed by atoms with Gasteiger partial charge in [0.25, 0.3) is 0 Å². The van der Waals surface area contributed by atoms with Gasteiger partial charge >= 0.3 is 0 Å². The number of hydrogen-bond acceptors (Lipinski definition) is 5. The van der Waals surface area contributed by atoms with E-state index in [2.05, 4.69) is 45.3 Å². The van der Waals surface area contributed by atoms with Gasteiger partial charge in [-0.15, -0.1) is 0 Å². The number of nitriles is 1. The zero-order valence-electron chi connectivity index (χ0n) is 13.3. The summed E-state index contributed by atoms with van der Waals surface area (Å²) in [6, 6.07) is 21.3. The normalized spacial score (nSPS) is 10.0. The molecule has 0 aliphatic carbocycles. The Bertz CT molecular complexity index is 855. The number of nitrogens with one attached hydrogen (secondary N) is 1. The second-order valence-electron chi connectivity index (χ2n) is 5.14. The first-order valence-electron chi connectivity index (χ1n) is 7.73. The summed E-state index contributed by atoms with van der Waals surface area (Å²) in [5.74, 6) is 1.31. The summed E-state index contributed by atoms with van der Waals surface area (Å²) >= 11 is 0. The van der Waals surface area contributed by atoms with E-state index in [4.69, 9.17) is 5.26 Å². The lowest BCUT2D eigenvalue weighted by molar-refractivity contribution is 0.979. The van der Waals surface area contributed by atoms with E-state index in [1.807, 2.05) is 36.4 Å². The first-order chi connectivity index (χ1) is 11.8. The topological polar surface area (TPSA) is 64.8 Å². The van der Waals surface area contributed by atoms with Crippen molar-refractivity contribution in [2.24, 2.45) is 0 Å². The fourth-order valence-corrected chi connectivity index (χ4v) is 2.44. The van der Waals surface area contributed by atoms with Gasteiger partial charge in [-0.2, -0.15) is 10.2 Å². The lowest BCUT2D eigenvalue weighted by Crippen LogP contribution is -2.17. The van der Waals surface area contributed by atoms with Crippen LogP contribution in [-0.2, 0) is 0 Å². The Labute approximate surface area is 141 Å². The van der Waals surface area contributed by atoms with Crippen molar-refractivity contribution in [2.45, 2.75) is 6.92 Å². The van der Waals surface area contributed by atoms with Crippen molar-refractivity contribution in [1.29, 1.82) is 5.26 Å². The van der Waals surface area contributed by atoms with Crippen LogP contribution >= 0.6 is 0 Å². The van der Waals surface area contributed by atoms with Crippen LogP contribution in [0.15, 0.2) is 66.9 Å². The highest BCUT2D eigenvalue weighted by Gasteiger charge is 2.09. The fraction of sp³-hybridized carbons (Fsp3) is 0.105. The second-order valence-corrected chi connectivity index (χ2v) is 5.14. The summed E-state index contributed by atoms with van der Waals surface area (Å²) < 4.78 is 0. The molecule has 0 aliphatic heterocycles. The quantitative estimate of drug-likeness (QED) is 0.762. The third-order valence-electron chi connectivity index (χ3n) is 3.55. The predicted molar refractivity (Wildman–Crippen MR) is 95.6 cm³/mol. The van der Waals surface area contributed by atoms with Gasteiger partial charge in [-0.3, -0.25) is 0 Å². The summed E-state index contributed by atoms with van der Waals surface area (Å²) in [6.45, 7) is 2.88. The first kappa shape index (κ1) is 15.5. The van der Waals surface area contributed by atoms with Crippen LogP contribution in [0.25, 0.3) is 0 Å². The molecule has 0 saturated heterocycles. The molecule has 1 N–H and O–H groups in total. The largest absolute Gasteiger partial charge is 0.327 e. The van der Waals surface area contributed by atoms with Crippen LogP contribution < -0.4 is 10.2 Å². The number of rotatable bonds is 5. The van der Waals surface area contributed by atoms with Gasteiger partial charge in [0.15, 0.2) is 0 Å². The summed E-state index contributed by atoms with van der Waals surface area (Å²) in [5.41, 5.74) is 2.46. The number of hydrogen-bond donors (Lipinski definition) is 1. The average Bonchev–Trinajstić information content (AvgIpc) is 2.64. The van der Waals surface area contributed by atoms with Gasteiger partial charge in [0, 0.05) is 24.1 Å². The molecule has 0 atom stereocenters. The Hall–Kier alpha value is -3.39. The summed E-state index contributed by atoms with van der Waals surface area (Å²) in [5, 5.41) is 12.1. The van der Waals surface area contributed by atoms with Gasteiger partial charge in [0.2, 0.25) is 5.95 Å². The number of aromatic nitrogens is 2. The maximum Gasteiger partial charge on any atom is 0.229 e. The van der Waals surface area contributed by atoms with Gasteiger partial charge in [0.05, 0.1) is 11.6 Å². The molecule has 0 spiro atoms. The third-order valence-corrected chi connectivity index (χ3v) is 3.55.